The van der Waals surface area contributed by atoms with E-state index in [2.05, 4.69) is 0 Å². The first-order valence-corrected chi connectivity index (χ1v) is 4.09. The van der Waals surface area contributed by atoms with Crippen LogP contribution in [-0.2, 0) is 4.74 Å². The molecule has 0 aromatic heterocycles. The van der Waals surface area contributed by atoms with Gasteiger partial charge in [-0.15, -0.1) is 0 Å². The van der Waals surface area contributed by atoms with Crippen LogP contribution in [0, 0.1) is 5.92 Å². The summed E-state index contributed by atoms with van der Waals surface area (Å²) in [5.41, 5.74) is 0. The van der Waals surface area contributed by atoms with Crippen LogP contribution in [0.1, 0.15) is 20.3 Å². The minimum absolute atomic E-state index is 0.0211. The number of rotatable bonds is 6. The van der Waals surface area contributed by atoms with Gasteiger partial charge in [0.2, 0.25) is 0 Å². The third kappa shape index (κ3) is 5.18. The van der Waals surface area contributed by atoms with Gasteiger partial charge in [0.15, 0.2) is 0 Å². The van der Waals surface area contributed by atoms with Gasteiger partial charge < -0.3 is 14.9 Å². The van der Waals surface area contributed by atoms with Crippen LogP contribution < -0.4 is 0 Å². The fourth-order valence-electron chi connectivity index (χ4n) is 0.705. The molecule has 11 heavy (non-hydrogen) atoms. The van der Waals surface area contributed by atoms with Crippen LogP contribution in [0.2, 0.25) is 0 Å². The van der Waals surface area contributed by atoms with E-state index in [1.165, 1.54) is 0 Å². The van der Waals surface area contributed by atoms with E-state index < -0.39 is 6.10 Å². The monoisotopic (exact) mass is 162 g/mol. The van der Waals surface area contributed by atoms with Crippen LogP contribution in [0.3, 0.4) is 0 Å². The van der Waals surface area contributed by atoms with E-state index >= 15 is 0 Å². The highest BCUT2D eigenvalue weighted by Gasteiger charge is 2.11. The van der Waals surface area contributed by atoms with Gasteiger partial charge in [-0.25, -0.2) is 0 Å². The lowest BCUT2D eigenvalue weighted by atomic mass is 10.0. The molecule has 3 heteroatoms. The summed E-state index contributed by atoms with van der Waals surface area (Å²) >= 11 is 0. The van der Waals surface area contributed by atoms with Crippen LogP contribution in [0.15, 0.2) is 0 Å². The Hall–Kier alpha value is -0.120. The van der Waals surface area contributed by atoms with Gasteiger partial charge in [-0.2, -0.15) is 0 Å². The fourth-order valence-corrected chi connectivity index (χ4v) is 0.705. The Kier molecular flexibility index (Phi) is 6.51. The third-order valence-corrected chi connectivity index (χ3v) is 1.83. The summed E-state index contributed by atoms with van der Waals surface area (Å²) in [6, 6.07) is 0. The molecule has 2 unspecified atom stereocenters. The van der Waals surface area contributed by atoms with Crippen LogP contribution in [0.4, 0.5) is 0 Å². The highest BCUT2D eigenvalue weighted by Crippen LogP contribution is 2.06. The maximum absolute atomic E-state index is 9.34. The summed E-state index contributed by atoms with van der Waals surface area (Å²) in [7, 11) is 0. The Balaban J connectivity index is 3.28. The Morgan fingerprint density at radius 2 is 2.09 bits per heavy atom. The minimum atomic E-state index is -0.397. The molecule has 3 nitrogen and oxygen atoms in total. The molecule has 2 atom stereocenters. The molecular weight excluding hydrogens is 144 g/mol. The van der Waals surface area contributed by atoms with Crippen LogP contribution in [0.25, 0.3) is 0 Å². The second-order valence-corrected chi connectivity index (χ2v) is 2.75. The zero-order chi connectivity index (χ0) is 8.69. The first-order valence-electron chi connectivity index (χ1n) is 4.09. The van der Waals surface area contributed by atoms with Gasteiger partial charge in [0.25, 0.3) is 0 Å². The van der Waals surface area contributed by atoms with Crippen molar-refractivity contribution in [2.24, 2.45) is 5.92 Å². The smallest absolute Gasteiger partial charge is 0.0799 e. The number of hydrogen-bond donors (Lipinski definition) is 2. The Morgan fingerprint density at radius 1 is 1.45 bits per heavy atom. The van der Waals surface area contributed by atoms with Crippen molar-refractivity contribution in [2.45, 2.75) is 26.4 Å². The Labute approximate surface area is 68.0 Å². The molecule has 0 radical (unpaired) electrons. The summed E-state index contributed by atoms with van der Waals surface area (Å²) < 4.78 is 4.97. The van der Waals surface area contributed by atoms with Crippen LogP contribution >= 0.6 is 0 Å². The van der Waals surface area contributed by atoms with E-state index in [-0.39, 0.29) is 12.5 Å². The number of ether oxygens (including phenoxy) is 1. The SMILES string of the molecule is CCC(C)C(O)COCCO. The molecule has 0 aromatic rings. The molecule has 0 spiro atoms. The molecule has 0 aromatic carbocycles. The predicted molar refractivity (Wildman–Crippen MR) is 43.4 cm³/mol. The van der Waals surface area contributed by atoms with E-state index in [0.29, 0.717) is 13.2 Å². The molecule has 0 saturated carbocycles. The van der Waals surface area contributed by atoms with Gasteiger partial charge in [0.1, 0.15) is 0 Å². The van der Waals surface area contributed by atoms with Crippen molar-refractivity contribution in [1.82, 2.24) is 0 Å². The molecule has 0 aliphatic carbocycles. The van der Waals surface area contributed by atoms with Crippen molar-refractivity contribution in [3.05, 3.63) is 0 Å². The normalized spacial score (nSPS) is 16.4. The first kappa shape index (κ1) is 10.9. The third-order valence-electron chi connectivity index (χ3n) is 1.83. The Bertz CT molecular complexity index is 85.4. The molecule has 0 bridgehead atoms. The minimum Gasteiger partial charge on any atom is -0.394 e. The highest BCUT2D eigenvalue weighted by atomic mass is 16.5. The number of aliphatic hydroxyl groups is 2. The number of aliphatic hydroxyl groups excluding tert-OH is 2. The second-order valence-electron chi connectivity index (χ2n) is 2.75. The summed E-state index contributed by atoms with van der Waals surface area (Å²) in [4.78, 5) is 0. The van der Waals surface area contributed by atoms with Gasteiger partial charge in [-0.3, -0.25) is 0 Å². The van der Waals surface area contributed by atoms with Gasteiger partial charge >= 0.3 is 0 Å². The molecule has 2 N–H and O–H groups in total. The van der Waals surface area contributed by atoms with Gasteiger partial charge in [-0.1, -0.05) is 20.3 Å². The molecule has 0 saturated heterocycles. The lowest BCUT2D eigenvalue weighted by Gasteiger charge is -2.16. The first-order chi connectivity index (χ1) is 5.22. The molecule has 0 fully saturated rings. The zero-order valence-corrected chi connectivity index (χ0v) is 7.29. The average Bonchev–Trinajstić information content (AvgIpc) is 2.03. The summed E-state index contributed by atoms with van der Waals surface area (Å²) in [5, 5.41) is 17.7. The van der Waals surface area contributed by atoms with Crippen molar-refractivity contribution in [2.75, 3.05) is 19.8 Å². The number of hydrogen-bond acceptors (Lipinski definition) is 3. The largest absolute Gasteiger partial charge is 0.394 e. The van der Waals surface area contributed by atoms with Crippen LogP contribution in [-0.4, -0.2) is 36.1 Å². The summed E-state index contributed by atoms with van der Waals surface area (Å²) in [6.07, 6.45) is 0.551. The van der Waals surface area contributed by atoms with Crippen molar-refractivity contribution in [3.63, 3.8) is 0 Å². The van der Waals surface area contributed by atoms with Crippen molar-refractivity contribution in [1.29, 1.82) is 0 Å². The standard InChI is InChI=1S/C8H18O3/c1-3-7(2)8(10)6-11-5-4-9/h7-10H,3-6H2,1-2H3. The molecule has 0 aliphatic heterocycles. The van der Waals surface area contributed by atoms with Crippen molar-refractivity contribution < 1.29 is 14.9 Å². The lowest BCUT2D eigenvalue weighted by molar-refractivity contribution is -0.00261. The molecule has 0 heterocycles. The molecule has 0 amide bonds. The molecule has 0 aliphatic rings. The van der Waals surface area contributed by atoms with Gasteiger partial charge in [-0.05, 0) is 5.92 Å². The second kappa shape index (κ2) is 6.58. The topological polar surface area (TPSA) is 49.7 Å². The van der Waals surface area contributed by atoms with E-state index in [4.69, 9.17) is 9.84 Å². The lowest BCUT2D eigenvalue weighted by Crippen LogP contribution is -2.23. The van der Waals surface area contributed by atoms with E-state index in [1.807, 2.05) is 13.8 Å². The maximum Gasteiger partial charge on any atom is 0.0799 e. The molecule has 68 valence electrons. The summed E-state index contributed by atoms with van der Waals surface area (Å²) in [6.45, 7) is 4.67. The van der Waals surface area contributed by atoms with Gasteiger partial charge in [0, 0.05) is 0 Å². The quantitative estimate of drug-likeness (QED) is 0.556. The highest BCUT2D eigenvalue weighted by molar-refractivity contribution is 4.61. The van der Waals surface area contributed by atoms with Gasteiger partial charge in [0.05, 0.1) is 25.9 Å². The summed E-state index contributed by atoms with van der Waals surface area (Å²) in [5.74, 6) is 0.272. The molecular formula is C8H18O3. The molecule has 0 rings (SSSR count). The zero-order valence-electron chi connectivity index (χ0n) is 7.29. The fraction of sp³-hybridized carbons (Fsp3) is 1.00. The van der Waals surface area contributed by atoms with E-state index in [9.17, 15) is 5.11 Å². The van der Waals surface area contributed by atoms with Crippen molar-refractivity contribution >= 4 is 0 Å². The Morgan fingerprint density at radius 3 is 2.55 bits per heavy atom. The van der Waals surface area contributed by atoms with E-state index in [1.54, 1.807) is 0 Å². The van der Waals surface area contributed by atoms with Crippen molar-refractivity contribution in [3.8, 4) is 0 Å². The average molecular weight is 162 g/mol. The predicted octanol–water partition coefficient (Wildman–Crippen LogP) is 0.402. The van der Waals surface area contributed by atoms with Crippen LogP contribution in [0.5, 0.6) is 0 Å². The maximum atomic E-state index is 9.34. The van der Waals surface area contributed by atoms with E-state index in [0.717, 1.165) is 6.42 Å².